The lowest BCUT2D eigenvalue weighted by Gasteiger charge is -2.49. The lowest BCUT2D eigenvalue weighted by atomic mass is 9.65. The van der Waals surface area contributed by atoms with Gasteiger partial charge in [0.25, 0.3) is 0 Å². The standard InChI is InChI=1S/C10H21N5O/c1-4-16-7-5-6(10(7,2)3)14-9(13)15-8(11)12/h6-7H,4-5H2,1-3H3,(H6,11,12,13,14,15). The Morgan fingerprint density at radius 3 is 2.44 bits per heavy atom. The van der Waals surface area contributed by atoms with Gasteiger partial charge in [0.15, 0.2) is 5.96 Å². The summed E-state index contributed by atoms with van der Waals surface area (Å²) < 4.78 is 5.59. The molecule has 92 valence electrons. The van der Waals surface area contributed by atoms with Crippen molar-refractivity contribution >= 4 is 11.9 Å². The van der Waals surface area contributed by atoms with E-state index in [-0.39, 0.29) is 29.5 Å². The smallest absolute Gasteiger partial charge is 0.218 e. The van der Waals surface area contributed by atoms with E-state index >= 15 is 0 Å². The molecule has 1 aliphatic rings. The molecule has 6 N–H and O–H groups in total. The molecule has 0 aliphatic heterocycles. The van der Waals surface area contributed by atoms with Crippen LogP contribution in [0.5, 0.6) is 0 Å². The van der Waals surface area contributed by atoms with Crippen LogP contribution in [-0.4, -0.2) is 30.7 Å². The van der Waals surface area contributed by atoms with Crippen LogP contribution in [0.25, 0.3) is 0 Å². The highest BCUT2D eigenvalue weighted by atomic mass is 16.5. The van der Waals surface area contributed by atoms with Crippen molar-refractivity contribution in [3.8, 4) is 0 Å². The predicted molar refractivity (Wildman–Crippen MR) is 65.0 cm³/mol. The van der Waals surface area contributed by atoms with Crippen LogP contribution >= 0.6 is 0 Å². The fourth-order valence-corrected chi connectivity index (χ4v) is 1.89. The van der Waals surface area contributed by atoms with Gasteiger partial charge >= 0.3 is 0 Å². The Morgan fingerprint density at radius 2 is 2.00 bits per heavy atom. The average molecular weight is 227 g/mol. The Balaban J connectivity index is 2.63. The van der Waals surface area contributed by atoms with Crippen LogP contribution in [0, 0.1) is 5.41 Å². The van der Waals surface area contributed by atoms with E-state index in [1.54, 1.807) is 0 Å². The molecular formula is C10H21N5O. The van der Waals surface area contributed by atoms with Crippen molar-refractivity contribution < 1.29 is 4.74 Å². The molecule has 0 bridgehead atoms. The van der Waals surface area contributed by atoms with Gasteiger partial charge in [-0.15, -0.1) is 0 Å². The predicted octanol–water partition coefficient (Wildman–Crippen LogP) is -0.222. The Labute approximate surface area is 95.9 Å². The number of rotatable bonds is 3. The molecule has 2 unspecified atom stereocenters. The third-order valence-electron chi connectivity index (χ3n) is 3.03. The number of nitrogens with two attached hydrogens (primary N) is 3. The zero-order chi connectivity index (χ0) is 12.3. The third kappa shape index (κ3) is 2.63. The second kappa shape index (κ2) is 4.69. The van der Waals surface area contributed by atoms with E-state index in [0.717, 1.165) is 6.42 Å². The zero-order valence-corrected chi connectivity index (χ0v) is 10.1. The van der Waals surface area contributed by atoms with Crippen LogP contribution in [0.4, 0.5) is 0 Å². The number of guanidine groups is 2. The molecule has 0 radical (unpaired) electrons. The Kier molecular flexibility index (Phi) is 3.74. The van der Waals surface area contributed by atoms with Gasteiger partial charge in [0.2, 0.25) is 5.96 Å². The maximum absolute atomic E-state index is 5.59. The zero-order valence-electron chi connectivity index (χ0n) is 10.1. The van der Waals surface area contributed by atoms with Crippen LogP contribution in [0.3, 0.4) is 0 Å². The molecule has 1 aliphatic carbocycles. The van der Waals surface area contributed by atoms with Gasteiger partial charge in [-0.3, -0.25) is 0 Å². The molecule has 0 amide bonds. The van der Waals surface area contributed by atoms with Crippen molar-refractivity contribution in [1.82, 2.24) is 0 Å². The summed E-state index contributed by atoms with van der Waals surface area (Å²) in [5, 5.41) is 0. The van der Waals surface area contributed by atoms with E-state index in [9.17, 15) is 0 Å². The SMILES string of the molecule is CCOC1CC(N=C(N)N=C(N)N)C1(C)C. The molecule has 0 aromatic rings. The molecule has 1 fully saturated rings. The quantitative estimate of drug-likeness (QED) is 0.457. The molecule has 0 spiro atoms. The van der Waals surface area contributed by atoms with Crippen LogP contribution in [0.15, 0.2) is 9.98 Å². The molecular weight excluding hydrogens is 206 g/mol. The van der Waals surface area contributed by atoms with E-state index in [1.165, 1.54) is 0 Å². The summed E-state index contributed by atoms with van der Waals surface area (Å²) in [6, 6.07) is 0.118. The van der Waals surface area contributed by atoms with Crippen molar-refractivity contribution in [2.45, 2.75) is 39.3 Å². The summed E-state index contributed by atoms with van der Waals surface area (Å²) in [5.74, 6) is 0.0627. The lowest BCUT2D eigenvalue weighted by Crippen LogP contribution is -2.54. The molecule has 2 atom stereocenters. The number of aliphatic imine (C=N–C) groups is 2. The maximum Gasteiger partial charge on any atom is 0.218 e. The van der Waals surface area contributed by atoms with Crippen LogP contribution < -0.4 is 17.2 Å². The first-order valence-corrected chi connectivity index (χ1v) is 5.42. The summed E-state index contributed by atoms with van der Waals surface area (Å²) in [5.41, 5.74) is 16.0. The van der Waals surface area contributed by atoms with Crippen molar-refractivity contribution in [1.29, 1.82) is 0 Å². The normalized spacial score (nSPS) is 28.3. The molecule has 6 heteroatoms. The molecule has 1 saturated carbocycles. The highest BCUT2D eigenvalue weighted by Gasteiger charge is 2.49. The van der Waals surface area contributed by atoms with E-state index in [1.807, 2.05) is 6.92 Å². The van der Waals surface area contributed by atoms with Crippen LogP contribution in [-0.2, 0) is 4.74 Å². The van der Waals surface area contributed by atoms with Gasteiger partial charge in [-0.1, -0.05) is 13.8 Å². The molecule has 1 rings (SSSR count). The maximum atomic E-state index is 5.59. The summed E-state index contributed by atoms with van der Waals surface area (Å²) in [4.78, 5) is 7.97. The largest absolute Gasteiger partial charge is 0.378 e. The number of ether oxygens (including phenoxy) is 1. The van der Waals surface area contributed by atoms with Gasteiger partial charge in [0.1, 0.15) is 0 Å². The topological polar surface area (TPSA) is 112 Å². The molecule has 0 heterocycles. The fraction of sp³-hybridized carbons (Fsp3) is 0.800. The Bertz CT molecular complexity index is 306. The highest BCUT2D eigenvalue weighted by molar-refractivity contribution is 5.92. The summed E-state index contributed by atoms with van der Waals surface area (Å²) in [7, 11) is 0. The first kappa shape index (κ1) is 12.8. The molecule has 0 saturated heterocycles. The summed E-state index contributed by atoms with van der Waals surface area (Å²) >= 11 is 0. The number of hydrogen-bond donors (Lipinski definition) is 3. The Morgan fingerprint density at radius 1 is 1.38 bits per heavy atom. The molecule has 6 nitrogen and oxygen atoms in total. The first-order chi connectivity index (χ1) is 7.37. The van der Waals surface area contributed by atoms with Crippen molar-refractivity contribution in [3.05, 3.63) is 0 Å². The van der Waals surface area contributed by atoms with E-state index in [0.29, 0.717) is 6.61 Å². The Hall–Kier alpha value is -1.30. The molecule has 0 aromatic heterocycles. The second-order valence-corrected chi connectivity index (χ2v) is 4.54. The van der Waals surface area contributed by atoms with Gasteiger partial charge in [-0.2, -0.15) is 4.99 Å². The van der Waals surface area contributed by atoms with Gasteiger partial charge < -0.3 is 21.9 Å². The molecule has 0 aromatic carbocycles. The van der Waals surface area contributed by atoms with Crippen molar-refractivity contribution in [2.24, 2.45) is 32.6 Å². The van der Waals surface area contributed by atoms with E-state index in [4.69, 9.17) is 21.9 Å². The fourth-order valence-electron chi connectivity index (χ4n) is 1.89. The second-order valence-electron chi connectivity index (χ2n) is 4.54. The van der Waals surface area contributed by atoms with Crippen LogP contribution in [0.1, 0.15) is 27.2 Å². The number of nitrogens with zero attached hydrogens (tertiary/aromatic N) is 2. The van der Waals surface area contributed by atoms with E-state index < -0.39 is 0 Å². The minimum Gasteiger partial charge on any atom is -0.378 e. The lowest BCUT2D eigenvalue weighted by molar-refractivity contribution is -0.103. The van der Waals surface area contributed by atoms with Gasteiger partial charge in [0, 0.05) is 12.0 Å². The summed E-state index contributed by atoms with van der Waals surface area (Å²) in [6.07, 6.45) is 1.10. The van der Waals surface area contributed by atoms with Gasteiger partial charge in [0.05, 0.1) is 12.1 Å². The monoisotopic (exact) mass is 227 g/mol. The molecule has 16 heavy (non-hydrogen) atoms. The van der Waals surface area contributed by atoms with Gasteiger partial charge in [-0.25, -0.2) is 4.99 Å². The van der Waals surface area contributed by atoms with Gasteiger partial charge in [-0.05, 0) is 13.3 Å². The minimum absolute atomic E-state index is 0.0144. The van der Waals surface area contributed by atoms with Crippen molar-refractivity contribution in [3.63, 3.8) is 0 Å². The first-order valence-electron chi connectivity index (χ1n) is 5.42. The van der Waals surface area contributed by atoms with Crippen LogP contribution in [0.2, 0.25) is 0 Å². The van der Waals surface area contributed by atoms with Crippen molar-refractivity contribution in [2.75, 3.05) is 6.61 Å². The number of hydrogen-bond acceptors (Lipinski definition) is 2. The third-order valence-corrected chi connectivity index (χ3v) is 3.03. The summed E-state index contributed by atoms with van der Waals surface area (Å²) in [6.45, 7) is 6.91. The minimum atomic E-state index is -0.0697. The average Bonchev–Trinajstić information content (AvgIpc) is 2.15. The van der Waals surface area contributed by atoms with E-state index in [2.05, 4.69) is 23.8 Å². The highest BCUT2D eigenvalue weighted by Crippen LogP contribution is 2.44.